The van der Waals surface area contributed by atoms with Gasteiger partial charge in [0, 0.05) is 33.0 Å². The number of hydrogen-bond donors (Lipinski definition) is 13. The molecule has 4 heterocycles. The molecule has 8 rings (SSSR count). The first kappa shape index (κ1) is 35.6. The second-order valence-electron chi connectivity index (χ2n) is 12.6. The zero-order chi connectivity index (χ0) is 40.6. The molecule has 6 bridgehead atoms. The lowest BCUT2D eigenvalue weighted by molar-refractivity contribution is -0.285. The number of aliphatic hydroxyl groups is 3. The van der Waals surface area contributed by atoms with Gasteiger partial charge in [0.15, 0.2) is 58.1 Å². The largest absolute Gasteiger partial charge is 0.504 e. The smallest absolute Gasteiger partial charge is 0.345 e. The molecule has 0 unspecified atom stereocenters. The van der Waals surface area contributed by atoms with E-state index in [0.29, 0.717) is 12.1 Å². The summed E-state index contributed by atoms with van der Waals surface area (Å²) in [7, 11) is 0. The minimum atomic E-state index is -2.28. The second-order valence-corrected chi connectivity index (χ2v) is 12.6. The molecule has 56 heavy (non-hydrogen) atoms. The summed E-state index contributed by atoms with van der Waals surface area (Å²) in [6.07, 6.45) is -10.9. The maximum absolute atomic E-state index is 14.0. The van der Waals surface area contributed by atoms with Crippen LogP contribution in [0, 0.1) is 0 Å². The van der Waals surface area contributed by atoms with Crippen LogP contribution in [0.5, 0.6) is 57.5 Å². The Bertz CT molecular complexity index is 2870. The van der Waals surface area contributed by atoms with E-state index in [1.807, 2.05) is 0 Å². The predicted molar refractivity (Wildman–Crippen MR) is 177 cm³/mol. The summed E-state index contributed by atoms with van der Waals surface area (Å²) < 4.78 is 26.3. The minimum Gasteiger partial charge on any atom is -0.504 e. The first-order chi connectivity index (χ1) is 26.4. The standard InChI is InChI=1S/C34H22O22/c35-6-1-4-9(19(39)17(6)37)11-15-13-14-16(33(50)56-28(13)23(43)21(11)41)12(22(42)24(44)29(14)55-32(15)49)10-5(2-7(36)18(38)20(10)40)31(48)54-27-8(3-52-30(4)47)53-34(51)26(46)25(27)45/h1-2,8,25-27,34-46,51H,3H2/t8-,25-,26-,27-,34+/m1/s1. The maximum atomic E-state index is 14.0. The van der Waals surface area contributed by atoms with E-state index >= 15 is 0 Å². The topological polar surface area (TPSA) is 385 Å². The Morgan fingerprint density at radius 1 is 0.500 bits per heavy atom. The molecule has 0 aliphatic carbocycles. The molecular weight excluding hydrogens is 760 g/mol. The van der Waals surface area contributed by atoms with Crippen molar-refractivity contribution in [2.45, 2.75) is 30.7 Å². The van der Waals surface area contributed by atoms with Crippen molar-refractivity contribution < 1.29 is 99.0 Å². The summed E-state index contributed by atoms with van der Waals surface area (Å²) in [5.74, 6) is -17.2. The zero-order valence-electron chi connectivity index (χ0n) is 27.2. The lowest BCUT2D eigenvalue weighted by Gasteiger charge is -2.40. The van der Waals surface area contributed by atoms with Gasteiger partial charge in [-0.05, 0) is 12.1 Å². The molecule has 290 valence electrons. The first-order valence-corrected chi connectivity index (χ1v) is 15.7. The van der Waals surface area contributed by atoms with Gasteiger partial charge in [0.05, 0.1) is 21.9 Å². The lowest BCUT2D eigenvalue weighted by Crippen LogP contribution is -2.60. The fraction of sp³-hybridized carbons (Fsp3) is 0.176. The van der Waals surface area contributed by atoms with Crippen molar-refractivity contribution in [3.63, 3.8) is 0 Å². The van der Waals surface area contributed by atoms with Gasteiger partial charge in [-0.15, -0.1) is 0 Å². The highest BCUT2D eigenvalue weighted by Gasteiger charge is 2.48. The van der Waals surface area contributed by atoms with Crippen LogP contribution in [0.4, 0.5) is 0 Å². The van der Waals surface area contributed by atoms with E-state index in [1.165, 1.54) is 0 Å². The van der Waals surface area contributed by atoms with E-state index in [1.54, 1.807) is 0 Å². The quantitative estimate of drug-likeness (QED) is 0.0418. The van der Waals surface area contributed by atoms with Gasteiger partial charge in [-0.3, -0.25) is 0 Å². The van der Waals surface area contributed by atoms with Crippen molar-refractivity contribution in [2.24, 2.45) is 0 Å². The van der Waals surface area contributed by atoms with Gasteiger partial charge in [-0.25, -0.2) is 19.2 Å². The molecule has 1 saturated heterocycles. The number of esters is 2. The van der Waals surface area contributed by atoms with E-state index in [9.17, 15) is 85.6 Å². The first-order valence-electron chi connectivity index (χ1n) is 15.7. The molecule has 4 aromatic carbocycles. The van der Waals surface area contributed by atoms with Gasteiger partial charge >= 0.3 is 23.2 Å². The number of aromatic hydroxyl groups is 10. The molecule has 2 aromatic heterocycles. The Kier molecular flexibility index (Phi) is 7.50. The summed E-state index contributed by atoms with van der Waals surface area (Å²) in [4.78, 5) is 55.4. The van der Waals surface area contributed by atoms with Crippen LogP contribution in [0.15, 0.2) is 30.6 Å². The third-order valence-electron chi connectivity index (χ3n) is 9.58. The van der Waals surface area contributed by atoms with E-state index < -0.39 is 184 Å². The minimum absolute atomic E-state index is 0.424. The Morgan fingerprint density at radius 2 is 0.929 bits per heavy atom. The van der Waals surface area contributed by atoms with Crippen LogP contribution in [0.1, 0.15) is 20.7 Å². The number of rotatable bonds is 0. The summed E-state index contributed by atoms with van der Waals surface area (Å²) in [5, 5.41) is 137. The van der Waals surface area contributed by atoms with Crippen LogP contribution in [-0.2, 0) is 14.2 Å². The Hall–Kier alpha value is -7.40. The third kappa shape index (κ3) is 4.57. The normalized spacial score (nSPS) is 21.3. The van der Waals surface area contributed by atoms with E-state index in [2.05, 4.69) is 0 Å². The van der Waals surface area contributed by atoms with Crippen LogP contribution in [0.25, 0.3) is 55.0 Å². The molecule has 22 heteroatoms. The molecule has 22 nitrogen and oxygen atoms in total. The maximum Gasteiger partial charge on any atom is 0.345 e. The van der Waals surface area contributed by atoms with Crippen LogP contribution in [-0.4, -0.2) is 116 Å². The monoisotopic (exact) mass is 782 g/mol. The Balaban J connectivity index is 1.62. The highest BCUT2D eigenvalue weighted by molar-refractivity contribution is 6.29. The fourth-order valence-corrected chi connectivity index (χ4v) is 7.00. The summed E-state index contributed by atoms with van der Waals surface area (Å²) in [6, 6.07) is 0.887. The number of carbonyl (C=O) groups excluding carboxylic acids is 2. The van der Waals surface area contributed by atoms with Gasteiger partial charge in [-0.1, -0.05) is 0 Å². The molecule has 1 fully saturated rings. The Labute approximate surface area is 304 Å². The van der Waals surface area contributed by atoms with E-state index in [4.69, 9.17) is 23.0 Å². The highest BCUT2D eigenvalue weighted by Crippen LogP contribution is 2.58. The van der Waals surface area contributed by atoms with Crippen molar-refractivity contribution in [1.29, 1.82) is 0 Å². The molecule has 6 aromatic rings. The summed E-state index contributed by atoms with van der Waals surface area (Å²) in [5.41, 5.74) is -11.8. The average molecular weight is 783 g/mol. The Morgan fingerprint density at radius 3 is 1.39 bits per heavy atom. The van der Waals surface area contributed by atoms with Gasteiger partial charge in [0.2, 0.25) is 23.0 Å². The molecule has 0 spiro atoms. The van der Waals surface area contributed by atoms with E-state index in [-0.39, 0.29) is 0 Å². The van der Waals surface area contributed by atoms with Crippen molar-refractivity contribution in [3.05, 3.63) is 44.1 Å². The van der Waals surface area contributed by atoms with Crippen LogP contribution in [0.3, 0.4) is 0 Å². The molecule has 13 N–H and O–H groups in total. The fourth-order valence-electron chi connectivity index (χ4n) is 7.00. The van der Waals surface area contributed by atoms with Crippen molar-refractivity contribution >= 4 is 44.6 Å². The van der Waals surface area contributed by atoms with Crippen LogP contribution in [0.2, 0.25) is 0 Å². The van der Waals surface area contributed by atoms with Gasteiger partial charge in [0.25, 0.3) is 0 Å². The molecule has 2 aliphatic heterocycles. The average Bonchev–Trinajstić information content (AvgIpc) is 3.15. The number of hydrogen-bond acceptors (Lipinski definition) is 22. The van der Waals surface area contributed by atoms with Gasteiger partial charge in [0.1, 0.15) is 24.9 Å². The number of phenols is 10. The molecule has 2 aliphatic rings. The van der Waals surface area contributed by atoms with Crippen molar-refractivity contribution in [2.75, 3.05) is 6.61 Å². The van der Waals surface area contributed by atoms with Gasteiger partial charge in [-0.2, -0.15) is 0 Å². The van der Waals surface area contributed by atoms with Crippen molar-refractivity contribution in [1.82, 2.24) is 0 Å². The number of fused-ring (bicyclic) bond motifs is 5. The molecular formula is C34H22O22. The molecule has 0 saturated carbocycles. The summed E-state index contributed by atoms with van der Waals surface area (Å²) >= 11 is 0. The van der Waals surface area contributed by atoms with Crippen LogP contribution < -0.4 is 11.3 Å². The number of aliphatic hydroxyl groups excluding tert-OH is 3. The number of phenolic OH excluding ortho intramolecular Hbond substituents is 10. The van der Waals surface area contributed by atoms with E-state index in [0.717, 1.165) is 0 Å². The third-order valence-corrected chi connectivity index (χ3v) is 9.58. The summed E-state index contributed by atoms with van der Waals surface area (Å²) in [6.45, 7) is -1.15. The molecule has 0 amide bonds. The van der Waals surface area contributed by atoms with Crippen LogP contribution >= 0.6 is 0 Å². The van der Waals surface area contributed by atoms with Gasteiger partial charge < -0.3 is 89.4 Å². The predicted octanol–water partition coefficient (Wildman–Crippen LogP) is 0.0152. The molecule has 5 atom stereocenters. The zero-order valence-corrected chi connectivity index (χ0v) is 27.2. The SMILES string of the molecule is O=C1OC[C@H]2O[C@H](O)[C@H](O)[C@@H](O)[C@@H]2OC(=O)c2cc(O)c(O)c(O)c2-c2c(O)c(O)c3oc(=O)c4c(c(O)c(O)c5oc(=O)c2c3c54)-c2c1cc(O)c(O)c2O. The number of cyclic esters (lactones) is 1. The number of benzene rings is 4. The molecule has 0 radical (unpaired) electrons. The number of ether oxygens (including phenoxy) is 3. The lowest BCUT2D eigenvalue weighted by atomic mass is 9.88. The second kappa shape index (κ2) is 11.8. The van der Waals surface area contributed by atoms with Crippen molar-refractivity contribution in [3.8, 4) is 79.7 Å². The highest BCUT2D eigenvalue weighted by atomic mass is 16.7. The number of carbonyl (C=O) groups is 2.